The standard InChI is InChI=1S/C18H23N3O/c1-9-19-21(10-1)18-4-2-15(3-5-18)12-20(17-6-7-17)13-16-8-11-22-14-16/h1-5,9-10,16-17H,6-8,11-14H2/t16-/m1/s1. The van der Waals surface area contributed by atoms with Gasteiger partial charge in [0.1, 0.15) is 0 Å². The Labute approximate surface area is 131 Å². The third-order valence-corrected chi connectivity index (χ3v) is 4.67. The highest BCUT2D eigenvalue weighted by Gasteiger charge is 2.31. The molecular weight excluding hydrogens is 274 g/mol. The number of benzene rings is 1. The summed E-state index contributed by atoms with van der Waals surface area (Å²) in [6.45, 7) is 4.13. The van der Waals surface area contributed by atoms with Crippen LogP contribution in [-0.2, 0) is 11.3 Å². The van der Waals surface area contributed by atoms with Crippen molar-refractivity contribution >= 4 is 0 Å². The zero-order valence-electron chi connectivity index (χ0n) is 12.9. The minimum atomic E-state index is 0.726. The number of hydrogen-bond acceptors (Lipinski definition) is 3. The fourth-order valence-electron chi connectivity index (χ4n) is 3.25. The molecule has 0 N–H and O–H groups in total. The van der Waals surface area contributed by atoms with Crippen molar-refractivity contribution in [3.05, 3.63) is 48.3 Å². The van der Waals surface area contributed by atoms with Gasteiger partial charge in [0.25, 0.3) is 0 Å². The number of ether oxygens (including phenoxy) is 1. The summed E-state index contributed by atoms with van der Waals surface area (Å²) in [4.78, 5) is 2.66. The molecular formula is C18H23N3O. The molecule has 0 spiro atoms. The molecule has 1 saturated heterocycles. The minimum Gasteiger partial charge on any atom is -0.381 e. The fourth-order valence-corrected chi connectivity index (χ4v) is 3.25. The van der Waals surface area contributed by atoms with Gasteiger partial charge in [-0.05, 0) is 48.9 Å². The normalized spacial score (nSPS) is 21.6. The summed E-state index contributed by atoms with van der Waals surface area (Å²) in [5, 5.41) is 4.28. The topological polar surface area (TPSA) is 30.3 Å². The van der Waals surface area contributed by atoms with Crippen molar-refractivity contribution in [2.75, 3.05) is 19.8 Å². The lowest BCUT2D eigenvalue weighted by Gasteiger charge is -2.25. The molecule has 1 aromatic carbocycles. The molecule has 0 amide bonds. The molecule has 22 heavy (non-hydrogen) atoms. The van der Waals surface area contributed by atoms with Crippen LogP contribution in [0.25, 0.3) is 5.69 Å². The number of rotatable bonds is 6. The van der Waals surface area contributed by atoms with Gasteiger partial charge in [0.2, 0.25) is 0 Å². The Morgan fingerprint density at radius 1 is 1.18 bits per heavy atom. The van der Waals surface area contributed by atoms with Crippen molar-refractivity contribution < 1.29 is 4.74 Å². The van der Waals surface area contributed by atoms with E-state index in [1.54, 1.807) is 0 Å². The van der Waals surface area contributed by atoms with Gasteiger partial charge < -0.3 is 4.74 Å². The second-order valence-electron chi connectivity index (χ2n) is 6.51. The van der Waals surface area contributed by atoms with Gasteiger partial charge in [0.05, 0.1) is 12.3 Å². The minimum absolute atomic E-state index is 0.726. The zero-order valence-corrected chi connectivity index (χ0v) is 12.9. The van der Waals surface area contributed by atoms with Crippen LogP contribution in [-0.4, -0.2) is 40.5 Å². The highest BCUT2D eigenvalue weighted by atomic mass is 16.5. The average molecular weight is 297 g/mol. The van der Waals surface area contributed by atoms with Crippen LogP contribution in [0.3, 0.4) is 0 Å². The zero-order chi connectivity index (χ0) is 14.8. The van der Waals surface area contributed by atoms with Crippen LogP contribution < -0.4 is 0 Å². The predicted octanol–water partition coefficient (Wildman–Crippen LogP) is 2.87. The van der Waals surface area contributed by atoms with Crippen LogP contribution in [0.1, 0.15) is 24.8 Å². The molecule has 2 aromatic rings. The maximum absolute atomic E-state index is 5.53. The van der Waals surface area contributed by atoms with E-state index in [2.05, 4.69) is 34.3 Å². The lowest BCUT2D eigenvalue weighted by atomic mass is 10.1. The van der Waals surface area contributed by atoms with Crippen LogP contribution in [0.5, 0.6) is 0 Å². The van der Waals surface area contributed by atoms with Crippen molar-refractivity contribution in [1.82, 2.24) is 14.7 Å². The molecule has 116 valence electrons. The van der Waals surface area contributed by atoms with Gasteiger partial charge in [-0.2, -0.15) is 5.10 Å². The molecule has 4 nitrogen and oxygen atoms in total. The average Bonchev–Trinajstić information content (AvgIpc) is 3.02. The second-order valence-corrected chi connectivity index (χ2v) is 6.51. The van der Waals surface area contributed by atoms with Gasteiger partial charge in [-0.25, -0.2) is 4.68 Å². The van der Waals surface area contributed by atoms with Crippen molar-refractivity contribution in [2.24, 2.45) is 5.92 Å². The van der Waals surface area contributed by atoms with Crippen LogP contribution in [0.4, 0.5) is 0 Å². The largest absolute Gasteiger partial charge is 0.381 e. The first-order valence-corrected chi connectivity index (χ1v) is 8.29. The molecule has 1 aromatic heterocycles. The molecule has 1 aliphatic carbocycles. The summed E-state index contributed by atoms with van der Waals surface area (Å²) in [5.41, 5.74) is 2.51. The highest BCUT2D eigenvalue weighted by Crippen LogP contribution is 2.30. The molecule has 4 rings (SSSR count). The third kappa shape index (κ3) is 3.23. The molecule has 0 unspecified atom stereocenters. The molecule has 2 aliphatic rings. The molecule has 0 bridgehead atoms. The van der Waals surface area contributed by atoms with Crippen molar-refractivity contribution in [3.63, 3.8) is 0 Å². The molecule has 1 aliphatic heterocycles. The number of hydrogen-bond donors (Lipinski definition) is 0. The molecule has 2 fully saturated rings. The number of nitrogens with zero attached hydrogens (tertiary/aromatic N) is 3. The maximum Gasteiger partial charge on any atom is 0.0645 e. The quantitative estimate of drug-likeness (QED) is 0.821. The van der Waals surface area contributed by atoms with E-state index in [0.29, 0.717) is 0 Å². The van der Waals surface area contributed by atoms with E-state index in [-0.39, 0.29) is 0 Å². The maximum atomic E-state index is 5.53. The van der Waals surface area contributed by atoms with Gasteiger partial charge in [-0.1, -0.05) is 12.1 Å². The Hall–Kier alpha value is -1.65. The molecule has 0 radical (unpaired) electrons. The van der Waals surface area contributed by atoms with E-state index in [4.69, 9.17) is 4.74 Å². The Morgan fingerprint density at radius 3 is 2.68 bits per heavy atom. The van der Waals surface area contributed by atoms with E-state index in [1.165, 1.54) is 31.4 Å². The van der Waals surface area contributed by atoms with Crippen LogP contribution in [0, 0.1) is 5.92 Å². The van der Waals surface area contributed by atoms with Gasteiger partial charge in [-0.3, -0.25) is 4.90 Å². The van der Waals surface area contributed by atoms with E-state index in [0.717, 1.165) is 37.4 Å². The van der Waals surface area contributed by atoms with Crippen molar-refractivity contribution in [2.45, 2.75) is 31.8 Å². The third-order valence-electron chi connectivity index (χ3n) is 4.67. The first kappa shape index (κ1) is 14.0. The summed E-state index contributed by atoms with van der Waals surface area (Å²) >= 11 is 0. The first-order chi connectivity index (χ1) is 10.9. The summed E-state index contributed by atoms with van der Waals surface area (Å²) in [7, 11) is 0. The SMILES string of the molecule is c1cnn(-c2ccc(CN(C[C@H]3CCOC3)C3CC3)cc2)c1. The molecule has 2 heterocycles. The van der Waals surface area contributed by atoms with E-state index in [1.807, 2.05) is 23.1 Å². The Balaban J connectivity index is 1.42. The number of aromatic nitrogens is 2. The fraction of sp³-hybridized carbons (Fsp3) is 0.500. The van der Waals surface area contributed by atoms with Crippen LogP contribution >= 0.6 is 0 Å². The summed E-state index contributed by atoms with van der Waals surface area (Å²) < 4.78 is 7.43. The molecule has 1 atom stereocenters. The van der Waals surface area contributed by atoms with Crippen molar-refractivity contribution in [1.29, 1.82) is 0 Å². The molecule has 4 heteroatoms. The Kier molecular flexibility index (Phi) is 3.95. The molecule has 1 saturated carbocycles. The van der Waals surface area contributed by atoms with E-state index < -0.39 is 0 Å². The lowest BCUT2D eigenvalue weighted by Crippen LogP contribution is -2.31. The Morgan fingerprint density at radius 2 is 2.05 bits per heavy atom. The summed E-state index contributed by atoms with van der Waals surface area (Å²) in [6.07, 6.45) is 7.73. The van der Waals surface area contributed by atoms with Crippen LogP contribution in [0.15, 0.2) is 42.7 Å². The first-order valence-electron chi connectivity index (χ1n) is 8.29. The monoisotopic (exact) mass is 297 g/mol. The summed E-state index contributed by atoms with van der Waals surface area (Å²) in [6, 6.07) is 11.5. The summed E-state index contributed by atoms with van der Waals surface area (Å²) in [5.74, 6) is 0.726. The van der Waals surface area contributed by atoms with Gasteiger partial charge >= 0.3 is 0 Å². The second kappa shape index (κ2) is 6.23. The predicted molar refractivity (Wildman–Crippen MR) is 85.9 cm³/mol. The van der Waals surface area contributed by atoms with Crippen LogP contribution in [0.2, 0.25) is 0 Å². The van der Waals surface area contributed by atoms with Gasteiger partial charge in [-0.15, -0.1) is 0 Å². The van der Waals surface area contributed by atoms with Crippen molar-refractivity contribution in [3.8, 4) is 5.69 Å². The lowest BCUT2D eigenvalue weighted by molar-refractivity contribution is 0.161. The van der Waals surface area contributed by atoms with Gasteiger partial charge in [0.15, 0.2) is 0 Å². The Bertz CT molecular complexity index is 583. The van der Waals surface area contributed by atoms with E-state index in [9.17, 15) is 0 Å². The highest BCUT2D eigenvalue weighted by molar-refractivity contribution is 5.33. The van der Waals surface area contributed by atoms with Gasteiger partial charge in [0, 0.05) is 38.1 Å². The smallest absolute Gasteiger partial charge is 0.0645 e. The van der Waals surface area contributed by atoms with E-state index >= 15 is 0 Å².